The Hall–Kier alpha value is -4.18. The summed E-state index contributed by atoms with van der Waals surface area (Å²) in [6, 6.07) is 21.8. The second-order valence-corrected chi connectivity index (χ2v) is 11.1. The van der Waals surface area contributed by atoms with Crippen LogP contribution < -0.4 is 14.5 Å². The van der Waals surface area contributed by atoms with Crippen molar-refractivity contribution in [2.75, 3.05) is 30.5 Å². The molecule has 1 fully saturated rings. The molecule has 0 spiro atoms. The summed E-state index contributed by atoms with van der Waals surface area (Å²) in [6.07, 6.45) is 4.67. The normalized spacial score (nSPS) is 13.7. The van der Waals surface area contributed by atoms with Crippen LogP contribution in [0.1, 0.15) is 30.4 Å². The van der Waals surface area contributed by atoms with Crippen LogP contribution in [0.2, 0.25) is 0 Å². The number of rotatable bonds is 10. The lowest BCUT2D eigenvalue weighted by Crippen LogP contribution is -2.39. The first-order valence-corrected chi connectivity index (χ1v) is 14.2. The summed E-state index contributed by atoms with van der Waals surface area (Å²) in [7, 11) is -3.99. The SMILES string of the molecule is Cc1ccc(S(=O)(=O)N(CC(=O)N/N=C\c2ccc(OCC(=O)N3CCCCC3)cc2)c2ccccc2)cc1. The molecule has 1 N–H and O–H groups in total. The van der Waals surface area contributed by atoms with E-state index in [2.05, 4.69) is 10.5 Å². The van der Waals surface area contributed by atoms with Crippen LogP contribution in [0.4, 0.5) is 5.69 Å². The van der Waals surface area contributed by atoms with E-state index in [9.17, 15) is 18.0 Å². The number of ether oxygens (including phenoxy) is 1. The average Bonchev–Trinajstić information content (AvgIpc) is 2.96. The topological polar surface area (TPSA) is 108 Å². The van der Waals surface area contributed by atoms with Gasteiger partial charge in [-0.15, -0.1) is 0 Å². The number of hydrogen-bond acceptors (Lipinski definition) is 6. The fourth-order valence-electron chi connectivity index (χ4n) is 4.12. The Kier molecular flexibility index (Phi) is 9.32. The number of benzene rings is 3. The van der Waals surface area contributed by atoms with Gasteiger partial charge in [0.15, 0.2) is 6.61 Å². The molecule has 0 bridgehead atoms. The van der Waals surface area contributed by atoms with Crippen molar-refractivity contribution in [1.82, 2.24) is 10.3 Å². The van der Waals surface area contributed by atoms with Crippen LogP contribution in [0.3, 0.4) is 0 Å². The Morgan fingerprint density at radius 1 is 0.949 bits per heavy atom. The lowest BCUT2D eigenvalue weighted by molar-refractivity contribution is -0.134. The number of sulfonamides is 1. The summed E-state index contributed by atoms with van der Waals surface area (Å²) in [4.78, 5) is 26.9. The largest absolute Gasteiger partial charge is 0.484 e. The van der Waals surface area contributed by atoms with E-state index in [1.807, 2.05) is 11.8 Å². The van der Waals surface area contributed by atoms with E-state index in [1.54, 1.807) is 66.7 Å². The van der Waals surface area contributed by atoms with Crippen molar-refractivity contribution >= 4 is 33.7 Å². The zero-order valence-electron chi connectivity index (χ0n) is 21.8. The van der Waals surface area contributed by atoms with E-state index in [4.69, 9.17) is 4.74 Å². The second-order valence-electron chi connectivity index (χ2n) is 9.25. The standard InChI is InChI=1S/C29H32N4O5S/c1-23-10-16-27(17-11-23)39(36,37)33(25-8-4-2-5-9-25)21-28(34)31-30-20-24-12-14-26(15-13-24)38-22-29(35)32-18-6-3-7-19-32/h2,4-5,8-17,20H,3,6-7,18-19,21-22H2,1H3,(H,31,34)/b30-20-. The average molecular weight is 549 g/mol. The van der Waals surface area contributed by atoms with Crippen molar-refractivity contribution in [3.05, 3.63) is 90.0 Å². The molecular formula is C29H32N4O5S. The third-order valence-corrected chi connectivity index (χ3v) is 8.08. The quantitative estimate of drug-likeness (QED) is 0.307. The fraction of sp³-hybridized carbons (Fsp3) is 0.276. The van der Waals surface area contributed by atoms with Crippen molar-refractivity contribution < 1.29 is 22.7 Å². The van der Waals surface area contributed by atoms with Crippen molar-refractivity contribution in [2.24, 2.45) is 5.10 Å². The van der Waals surface area contributed by atoms with Gasteiger partial charge in [-0.2, -0.15) is 5.10 Å². The van der Waals surface area contributed by atoms with Crippen LogP contribution in [0, 0.1) is 6.92 Å². The maximum Gasteiger partial charge on any atom is 0.264 e. The third kappa shape index (κ3) is 7.67. The second kappa shape index (κ2) is 13.1. The maximum absolute atomic E-state index is 13.4. The Bertz CT molecular complexity index is 1390. The van der Waals surface area contributed by atoms with Gasteiger partial charge < -0.3 is 9.64 Å². The molecule has 10 heteroatoms. The first-order chi connectivity index (χ1) is 18.8. The summed E-state index contributed by atoms with van der Waals surface area (Å²) in [6.45, 7) is 2.98. The van der Waals surface area contributed by atoms with Crippen LogP contribution in [-0.2, 0) is 19.6 Å². The molecular weight excluding hydrogens is 516 g/mol. The van der Waals surface area contributed by atoms with Gasteiger partial charge in [0.25, 0.3) is 21.8 Å². The number of para-hydroxylation sites is 1. The first-order valence-electron chi connectivity index (χ1n) is 12.8. The lowest BCUT2D eigenvalue weighted by Gasteiger charge is -2.26. The van der Waals surface area contributed by atoms with Crippen molar-refractivity contribution in [3.8, 4) is 5.75 Å². The maximum atomic E-state index is 13.4. The molecule has 4 rings (SSSR count). The van der Waals surface area contributed by atoms with Crippen LogP contribution in [0.25, 0.3) is 0 Å². The summed E-state index contributed by atoms with van der Waals surface area (Å²) in [5.41, 5.74) is 4.39. The predicted molar refractivity (Wildman–Crippen MR) is 150 cm³/mol. The minimum Gasteiger partial charge on any atom is -0.484 e. The summed E-state index contributed by atoms with van der Waals surface area (Å²) < 4.78 is 33.4. The Labute approximate surface area is 229 Å². The number of hydrogen-bond donors (Lipinski definition) is 1. The summed E-state index contributed by atoms with van der Waals surface area (Å²) >= 11 is 0. The van der Waals surface area contributed by atoms with Crippen molar-refractivity contribution in [3.63, 3.8) is 0 Å². The van der Waals surface area contributed by atoms with Crippen LogP contribution in [0.15, 0.2) is 88.9 Å². The Morgan fingerprint density at radius 3 is 2.28 bits per heavy atom. The Balaban J connectivity index is 1.34. The molecule has 1 heterocycles. The molecule has 204 valence electrons. The molecule has 39 heavy (non-hydrogen) atoms. The van der Waals surface area contributed by atoms with Gasteiger partial charge in [0.1, 0.15) is 12.3 Å². The van der Waals surface area contributed by atoms with Gasteiger partial charge in [0.05, 0.1) is 16.8 Å². The zero-order valence-corrected chi connectivity index (χ0v) is 22.6. The molecule has 1 aliphatic rings. The number of nitrogens with zero attached hydrogens (tertiary/aromatic N) is 3. The van der Waals surface area contributed by atoms with Crippen LogP contribution in [-0.4, -0.2) is 57.6 Å². The number of likely N-dealkylation sites (tertiary alicyclic amines) is 1. The van der Waals surface area contributed by atoms with Gasteiger partial charge in [-0.1, -0.05) is 35.9 Å². The van der Waals surface area contributed by atoms with Crippen LogP contribution in [0.5, 0.6) is 5.75 Å². The number of amides is 2. The highest BCUT2D eigenvalue weighted by molar-refractivity contribution is 7.92. The number of carbonyl (C=O) groups excluding carboxylic acids is 2. The minimum atomic E-state index is -3.99. The minimum absolute atomic E-state index is 0.00704. The van der Waals surface area contributed by atoms with Gasteiger partial charge >= 0.3 is 0 Å². The highest BCUT2D eigenvalue weighted by Crippen LogP contribution is 2.23. The molecule has 1 saturated heterocycles. The molecule has 0 radical (unpaired) electrons. The van der Waals surface area contributed by atoms with Gasteiger partial charge in [-0.3, -0.25) is 13.9 Å². The number of hydrazone groups is 1. The zero-order chi connectivity index (χ0) is 27.7. The number of carbonyl (C=O) groups is 2. The van der Waals surface area contributed by atoms with E-state index in [0.29, 0.717) is 17.0 Å². The number of piperidine rings is 1. The molecule has 0 unspecified atom stereocenters. The van der Waals surface area contributed by atoms with Gasteiger partial charge in [-0.25, -0.2) is 13.8 Å². The van der Waals surface area contributed by atoms with Crippen molar-refractivity contribution in [2.45, 2.75) is 31.1 Å². The van der Waals surface area contributed by atoms with Crippen LogP contribution >= 0.6 is 0 Å². The van der Waals surface area contributed by atoms with E-state index in [-0.39, 0.29) is 17.4 Å². The smallest absolute Gasteiger partial charge is 0.264 e. The first kappa shape index (κ1) is 27.8. The number of anilines is 1. The number of aryl methyl sites for hydroxylation is 1. The van der Waals surface area contributed by atoms with Gasteiger partial charge in [0.2, 0.25) is 0 Å². The van der Waals surface area contributed by atoms with E-state index >= 15 is 0 Å². The Morgan fingerprint density at radius 2 is 1.62 bits per heavy atom. The predicted octanol–water partition coefficient (Wildman–Crippen LogP) is 3.73. The highest BCUT2D eigenvalue weighted by atomic mass is 32.2. The lowest BCUT2D eigenvalue weighted by atomic mass is 10.1. The monoisotopic (exact) mass is 548 g/mol. The molecule has 0 atom stereocenters. The summed E-state index contributed by atoms with van der Waals surface area (Å²) in [5.74, 6) is -0.0553. The van der Waals surface area contributed by atoms with Gasteiger partial charge in [-0.05, 0) is 80.3 Å². The molecule has 0 saturated carbocycles. The highest BCUT2D eigenvalue weighted by Gasteiger charge is 2.27. The van der Waals surface area contributed by atoms with Crippen molar-refractivity contribution in [1.29, 1.82) is 0 Å². The van der Waals surface area contributed by atoms with Gasteiger partial charge in [0, 0.05) is 13.1 Å². The molecule has 2 amide bonds. The number of nitrogens with one attached hydrogen (secondary N) is 1. The fourth-order valence-corrected chi connectivity index (χ4v) is 5.54. The molecule has 0 aromatic heterocycles. The van der Waals surface area contributed by atoms with E-state index < -0.39 is 22.5 Å². The third-order valence-electron chi connectivity index (χ3n) is 6.29. The molecule has 1 aliphatic heterocycles. The molecule has 3 aromatic rings. The molecule has 9 nitrogen and oxygen atoms in total. The van der Waals surface area contributed by atoms with E-state index in [1.165, 1.54) is 18.3 Å². The molecule has 3 aromatic carbocycles. The molecule has 0 aliphatic carbocycles. The van der Waals surface area contributed by atoms with E-state index in [0.717, 1.165) is 42.2 Å². The summed E-state index contributed by atoms with van der Waals surface area (Å²) in [5, 5.41) is 3.97.